The molecule has 0 spiro atoms. The van der Waals surface area contributed by atoms with E-state index in [9.17, 15) is 0 Å². The van der Waals surface area contributed by atoms with Crippen molar-refractivity contribution in [3.05, 3.63) is 81.9 Å². The number of fused-ring (bicyclic) bond motifs is 2. The molecule has 2 aromatic carbocycles. The molecule has 33 heavy (non-hydrogen) atoms. The predicted molar refractivity (Wildman–Crippen MR) is 154 cm³/mol. The Morgan fingerprint density at radius 1 is 0.667 bits per heavy atom. The van der Waals surface area contributed by atoms with E-state index in [0.717, 1.165) is 10.1 Å². The van der Waals surface area contributed by atoms with E-state index in [4.69, 9.17) is 0 Å². The first-order valence-corrected chi connectivity index (χ1v) is 30.3. The van der Waals surface area contributed by atoms with Gasteiger partial charge < -0.3 is 0 Å². The Bertz CT molecular complexity index is 1110. The van der Waals surface area contributed by atoms with Gasteiger partial charge in [0.2, 0.25) is 0 Å². The Morgan fingerprint density at radius 3 is 1.36 bits per heavy atom. The number of hydrogen-bond acceptors (Lipinski definition) is 0. The monoisotopic (exact) mass is 565 g/mol. The van der Waals surface area contributed by atoms with Gasteiger partial charge >= 0.3 is 211 Å². The van der Waals surface area contributed by atoms with Gasteiger partial charge in [0, 0.05) is 0 Å². The molecule has 0 radical (unpaired) electrons. The fraction of sp³-hybridized carbons (Fsp3) is 0.448. The third-order valence-corrected chi connectivity index (χ3v) is 69.3. The molecular formula is C29H43Si3Zr. The molecule has 0 aromatic heterocycles. The average molecular weight is 567 g/mol. The molecule has 0 saturated heterocycles. The molecule has 2 atom stereocenters. The van der Waals surface area contributed by atoms with Gasteiger partial charge in [-0.3, -0.25) is 0 Å². The fourth-order valence-corrected chi connectivity index (χ4v) is 102. The summed E-state index contributed by atoms with van der Waals surface area (Å²) in [6, 6.07) is 18.9. The molecule has 0 amide bonds. The van der Waals surface area contributed by atoms with E-state index < -0.39 is 40.5 Å². The van der Waals surface area contributed by atoms with Crippen molar-refractivity contribution in [2.24, 2.45) is 0 Å². The van der Waals surface area contributed by atoms with E-state index in [1.807, 2.05) is 0 Å². The average Bonchev–Trinajstić information content (AvgIpc) is 3.19. The summed E-state index contributed by atoms with van der Waals surface area (Å²) in [5.41, 5.74) is 9.28. The molecule has 0 nitrogen and oxygen atoms in total. The van der Waals surface area contributed by atoms with Crippen molar-refractivity contribution in [1.29, 1.82) is 0 Å². The zero-order valence-corrected chi connectivity index (χ0v) is 28.0. The van der Waals surface area contributed by atoms with Crippen LogP contribution in [-0.2, 0) is 18.9 Å². The Hall–Kier alpha value is -0.546. The van der Waals surface area contributed by atoms with Crippen LogP contribution in [0.3, 0.4) is 0 Å². The van der Waals surface area contributed by atoms with Crippen LogP contribution in [0.5, 0.6) is 0 Å². The molecule has 0 bridgehead atoms. The number of rotatable bonds is 5. The molecule has 175 valence electrons. The Morgan fingerprint density at radius 2 is 1.03 bits per heavy atom. The van der Waals surface area contributed by atoms with E-state index in [2.05, 4.69) is 127 Å². The minimum atomic E-state index is -3.08. The van der Waals surface area contributed by atoms with Crippen LogP contribution < -0.4 is 0 Å². The quantitative estimate of drug-likeness (QED) is 0.316. The Labute approximate surface area is 209 Å². The topological polar surface area (TPSA) is 0 Å². The number of benzene rings is 2. The van der Waals surface area contributed by atoms with Crippen molar-refractivity contribution >= 4 is 33.7 Å². The summed E-state index contributed by atoms with van der Waals surface area (Å²) in [5, 5.41) is 0. The third-order valence-electron chi connectivity index (χ3n) is 8.32. The standard InChI is InChI=1S/2C10H9.C7H19Si2.C2H6Si.Zr/c2*1-8-6-9-4-2-3-5-10(9)7-8;1-8(2,3)7-9(4,5)6;1-3-2;/h2*2-7H,1H3;7H,1-6H3;1-2H3;. The molecule has 2 aliphatic carbocycles. The van der Waals surface area contributed by atoms with Crippen molar-refractivity contribution in [3.8, 4) is 0 Å². The SMILES string of the molecule is CC1=Cc2ccccc2[CH]1[Zr]([CH]1C(C)=Cc2ccccc21)([CH]([Si](C)(C)C)[Si](C)(C)C)=[Si](C)C. The summed E-state index contributed by atoms with van der Waals surface area (Å²) in [4.78, 5) is 0. The van der Waals surface area contributed by atoms with E-state index in [1.165, 1.54) is 11.1 Å². The molecular weight excluding hydrogens is 524 g/mol. The maximum absolute atomic E-state index is 3.08. The van der Waals surface area contributed by atoms with Crippen LogP contribution in [0.1, 0.15) is 43.4 Å². The van der Waals surface area contributed by atoms with Crippen molar-refractivity contribution in [2.75, 3.05) is 0 Å². The zero-order valence-electron chi connectivity index (χ0n) is 22.5. The van der Waals surface area contributed by atoms with Crippen molar-refractivity contribution in [1.82, 2.24) is 0 Å². The Kier molecular flexibility index (Phi) is 6.84. The molecule has 2 unspecified atom stereocenters. The van der Waals surface area contributed by atoms with Gasteiger partial charge in [-0.15, -0.1) is 0 Å². The second kappa shape index (κ2) is 8.84. The van der Waals surface area contributed by atoms with E-state index in [0.29, 0.717) is 0 Å². The molecule has 0 heterocycles. The second-order valence-electron chi connectivity index (χ2n) is 13.0. The molecule has 2 aliphatic rings. The summed E-state index contributed by atoms with van der Waals surface area (Å²) >= 11 is -3.08. The normalized spacial score (nSPS) is 21.9. The summed E-state index contributed by atoms with van der Waals surface area (Å²) < 4.78 is 2.48. The van der Waals surface area contributed by atoms with Crippen LogP contribution in [0.25, 0.3) is 12.2 Å². The van der Waals surface area contributed by atoms with Crippen LogP contribution in [0.4, 0.5) is 0 Å². The molecule has 4 heteroatoms. The van der Waals surface area contributed by atoms with Gasteiger partial charge in [0.1, 0.15) is 0 Å². The first-order valence-electron chi connectivity index (χ1n) is 12.7. The van der Waals surface area contributed by atoms with Gasteiger partial charge in [0.25, 0.3) is 0 Å². The van der Waals surface area contributed by atoms with E-state index in [1.54, 1.807) is 22.3 Å². The summed E-state index contributed by atoms with van der Waals surface area (Å²) in [5.74, 6) is 0. The van der Waals surface area contributed by atoms with Crippen LogP contribution in [-0.4, -0.2) is 21.6 Å². The van der Waals surface area contributed by atoms with Crippen molar-refractivity contribution in [2.45, 2.75) is 76.3 Å². The first kappa shape index (κ1) is 25.5. The van der Waals surface area contributed by atoms with Gasteiger partial charge in [0.05, 0.1) is 0 Å². The van der Waals surface area contributed by atoms with Crippen molar-refractivity contribution < 1.29 is 18.9 Å². The molecule has 0 aliphatic heterocycles. The summed E-state index contributed by atoms with van der Waals surface area (Å²) in [6.45, 7) is 26.8. The molecule has 4 rings (SSSR count). The molecule has 0 N–H and O–H groups in total. The van der Waals surface area contributed by atoms with E-state index >= 15 is 0 Å². The van der Waals surface area contributed by atoms with Crippen LogP contribution in [0.2, 0.25) is 55.2 Å². The van der Waals surface area contributed by atoms with Gasteiger partial charge in [-0.25, -0.2) is 0 Å². The second-order valence-corrected chi connectivity index (χ2v) is 50.4. The molecule has 2 aromatic rings. The third kappa shape index (κ3) is 4.11. The number of allylic oxidation sites excluding steroid dienone is 2. The van der Waals surface area contributed by atoms with Crippen molar-refractivity contribution in [3.63, 3.8) is 0 Å². The van der Waals surface area contributed by atoms with E-state index in [-0.39, 0.29) is 0 Å². The minimum absolute atomic E-state index is 0.512. The maximum atomic E-state index is 2.75. The molecule has 0 saturated carbocycles. The van der Waals surface area contributed by atoms with Crippen LogP contribution >= 0.6 is 0 Å². The predicted octanol–water partition coefficient (Wildman–Crippen LogP) is 9.25. The summed E-state index contributed by atoms with van der Waals surface area (Å²) in [6.07, 6.45) is 5.14. The van der Waals surface area contributed by atoms with Gasteiger partial charge in [-0.05, 0) is 0 Å². The number of hydrogen-bond donors (Lipinski definition) is 0. The van der Waals surface area contributed by atoms with Gasteiger partial charge in [-0.2, -0.15) is 0 Å². The van der Waals surface area contributed by atoms with Crippen LogP contribution in [0.15, 0.2) is 59.7 Å². The van der Waals surface area contributed by atoms with Crippen LogP contribution in [0, 0.1) is 0 Å². The van der Waals surface area contributed by atoms with Gasteiger partial charge in [-0.1, -0.05) is 0 Å². The summed E-state index contributed by atoms with van der Waals surface area (Å²) in [7, 11) is -2.86. The Balaban J connectivity index is 2.18. The first-order chi connectivity index (χ1) is 15.3. The fourth-order valence-electron chi connectivity index (χ4n) is 8.32. The van der Waals surface area contributed by atoms with Gasteiger partial charge in [0.15, 0.2) is 0 Å². The zero-order chi connectivity index (χ0) is 24.3. The molecule has 0 fully saturated rings.